The average molecular weight is 368 g/mol. The molecule has 0 unspecified atom stereocenters. The number of ether oxygens (including phenoxy) is 1. The van der Waals surface area contributed by atoms with Gasteiger partial charge in [0.05, 0.1) is 4.90 Å². The van der Waals surface area contributed by atoms with E-state index in [0.717, 1.165) is 0 Å². The summed E-state index contributed by atoms with van der Waals surface area (Å²) in [7, 11) is -3.86. The Morgan fingerprint density at radius 1 is 1.00 bits per heavy atom. The molecule has 1 N–H and O–H groups in total. The van der Waals surface area contributed by atoms with Crippen molar-refractivity contribution in [3.63, 3.8) is 0 Å². The summed E-state index contributed by atoms with van der Waals surface area (Å²) in [4.78, 5) is 23.3. The molecular weight excluding hydrogens is 354 g/mol. The van der Waals surface area contributed by atoms with Crippen LogP contribution in [0.1, 0.15) is 10.4 Å². The lowest BCUT2D eigenvalue weighted by Gasteiger charge is -2.07. The lowest BCUT2D eigenvalue weighted by Crippen LogP contribution is -2.31. The maximum Gasteiger partial charge on any atom is 0.321 e. The van der Waals surface area contributed by atoms with Gasteiger partial charge in [-0.3, -0.25) is 9.59 Å². The number of carbonyl (C=O) groups excluding carboxylic acids is 2. The molecule has 2 aromatic rings. The van der Waals surface area contributed by atoms with Crippen LogP contribution in [0.5, 0.6) is 0 Å². The number of hydrogen-bond donors (Lipinski definition) is 1. The molecule has 0 bridgehead atoms. The van der Waals surface area contributed by atoms with E-state index in [1.807, 2.05) is 0 Å². The number of rotatable bonds is 7. The fourth-order valence-electron chi connectivity index (χ4n) is 1.76. The van der Waals surface area contributed by atoms with E-state index in [1.165, 1.54) is 24.3 Å². The molecular formula is C16H14ClNO5S. The van der Waals surface area contributed by atoms with Crippen molar-refractivity contribution in [3.8, 4) is 0 Å². The van der Waals surface area contributed by atoms with Crippen LogP contribution < -0.4 is 4.72 Å². The van der Waals surface area contributed by atoms with Gasteiger partial charge in [0.2, 0.25) is 10.0 Å². The van der Waals surface area contributed by atoms with Gasteiger partial charge in [0, 0.05) is 10.6 Å². The van der Waals surface area contributed by atoms with Gasteiger partial charge in [0.25, 0.3) is 0 Å². The first-order valence-electron chi connectivity index (χ1n) is 6.87. The normalized spacial score (nSPS) is 11.0. The molecule has 6 nitrogen and oxygen atoms in total. The minimum absolute atomic E-state index is 0.0277. The van der Waals surface area contributed by atoms with E-state index in [9.17, 15) is 18.0 Å². The molecule has 24 heavy (non-hydrogen) atoms. The number of hydrogen-bond acceptors (Lipinski definition) is 5. The highest BCUT2D eigenvalue weighted by molar-refractivity contribution is 7.89. The van der Waals surface area contributed by atoms with E-state index < -0.39 is 29.1 Å². The largest absolute Gasteiger partial charge is 0.456 e. The molecule has 0 saturated carbocycles. The molecule has 0 saturated heterocycles. The SMILES string of the molecule is O=C(CNS(=O)(=O)c1ccc(Cl)cc1)OCC(=O)c1ccccc1. The number of ketones is 1. The van der Waals surface area contributed by atoms with Gasteiger partial charge in [-0.05, 0) is 24.3 Å². The smallest absolute Gasteiger partial charge is 0.321 e. The first-order chi connectivity index (χ1) is 11.4. The molecule has 8 heteroatoms. The lowest BCUT2D eigenvalue weighted by atomic mass is 10.1. The minimum atomic E-state index is -3.86. The quantitative estimate of drug-likeness (QED) is 0.597. The van der Waals surface area contributed by atoms with Crippen molar-refractivity contribution in [3.05, 3.63) is 65.2 Å². The van der Waals surface area contributed by atoms with Gasteiger partial charge < -0.3 is 4.74 Å². The van der Waals surface area contributed by atoms with Crippen LogP contribution in [-0.4, -0.2) is 33.3 Å². The van der Waals surface area contributed by atoms with Gasteiger partial charge in [0.1, 0.15) is 6.54 Å². The Morgan fingerprint density at radius 2 is 1.62 bits per heavy atom. The molecule has 2 rings (SSSR count). The topological polar surface area (TPSA) is 89.5 Å². The van der Waals surface area contributed by atoms with Crippen LogP contribution in [0.4, 0.5) is 0 Å². The molecule has 0 aromatic heterocycles. The van der Waals surface area contributed by atoms with Gasteiger partial charge >= 0.3 is 5.97 Å². The Bertz CT molecular complexity index is 819. The number of carbonyl (C=O) groups is 2. The second kappa shape index (κ2) is 8.05. The Kier molecular flexibility index (Phi) is 6.08. The standard InChI is InChI=1S/C16H14ClNO5S/c17-13-6-8-14(9-7-13)24(21,22)18-10-16(20)23-11-15(19)12-4-2-1-3-5-12/h1-9,18H,10-11H2. The Balaban J connectivity index is 1.84. The molecule has 0 heterocycles. The number of nitrogens with one attached hydrogen (secondary N) is 1. The first-order valence-corrected chi connectivity index (χ1v) is 8.74. The second-order valence-corrected chi connectivity index (χ2v) is 6.93. The van der Waals surface area contributed by atoms with Crippen LogP contribution in [0.25, 0.3) is 0 Å². The third kappa shape index (κ3) is 5.16. The zero-order valence-electron chi connectivity index (χ0n) is 12.4. The van der Waals surface area contributed by atoms with Crippen LogP contribution in [0, 0.1) is 0 Å². The van der Waals surface area contributed by atoms with E-state index in [1.54, 1.807) is 30.3 Å². The summed E-state index contributed by atoms with van der Waals surface area (Å²) in [5.74, 6) is -1.22. The predicted octanol–water partition coefficient (Wildman–Crippen LogP) is 2.04. The number of sulfonamides is 1. The molecule has 0 radical (unpaired) electrons. The number of benzene rings is 2. The Morgan fingerprint density at radius 3 is 2.25 bits per heavy atom. The molecule has 2 aromatic carbocycles. The molecule has 0 aliphatic rings. The Labute approximate surface area is 144 Å². The van der Waals surface area contributed by atoms with Crippen LogP contribution in [0.15, 0.2) is 59.5 Å². The molecule has 0 atom stereocenters. The second-order valence-electron chi connectivity index (χ2n) is 4.73. The molecule has 126 valence electrons. The summed E-state index contributed by atoms with van der Waals surface area (Å²) in [5.41, 5.74) is 0.409. The Hall–Kier alpha value is -2.22. The monoisotopic (exact) mass is 367 g/mol. The molecule has 0 spiro atoms. The van der Waals surface area contributed by atoms with E-state index in [-0.39, 0.29) is 10.7 Å². The van der Waals surface area contributed by atoms with Gasteiger partial charge in [0.15, 0.2) is 12.4 Å². The fraction of sp³-hybridized carbons (Fsp3) is 0.125. The maximum absolute atomic E-state index is 12.0. The minimum Gasteiger partial charge on any atom is -0.456 e. The van der Waals surface area contributed by atoms with E-state index in [0.29, 0.717) is 10.6 Å². The van der Waals surface area contributed by atoms with Gasteiger partial charge in [-0.1, -0.05) is 41.9 Å². The van der Waals surface area contributed by atoms with Crippen molar-refractivity contribution in [2.45, 2.75) is 4.90 Å². The summed E-state index contributed by atoms with van der Waals surface area (Å²) < 4.78 is 30.8. The summed E-state index contributed by atoms with van der Waals surface area (Å²) >= 11 is 5.69. The highest BCUT2D eigenvalue weighted by atomic mass is 35.5. The van der Waals surface area contributed by atoms with Crippen molar-refractivity contribution in [1.29, 1.82) is 0 Å². The molecule has 0 aliphatic heterocycles. The summed E-state index contributed by atoms with van der Waals surface area (Å²) in [6.45, 7) is -1.03. The highest BCUT2D eigenvalue weighted by Gasteiger charge is 2.16. The fourth-order valence-corrected chi connectivity index (χ4v) is 2.85. The zero-order chi connectivity index (χ0) is 17.6. The van der Waals surface area contributed by atoms with Crippen molar-refractivity contribution < 1.29 is 22.7 Å². The van der Waals surface area contributed by atoms with Crippen LogP contribution in [0.2, 0.25) is 5.02 Å². The third-order valence-electron chi connectivity index (χ3n) is 2.99. The predicted molar refractivity (Wildman–Crippen MR) is 88.4 cm³/mol. The van der Waals surface area contributed by atoms with Gasteiger partial charge in [-0.25, -0.2) is 8.42 Å². The average Bonchev–Trinajstić information content (AvgIpc) is 2.59. The van der Waals surface area contributed by atoms with Gasteiger partial charge in [-0.15, -0.1) is 0 Å². The van der Waals surface area contributed by atoms with E-state index in [4.69, 9.17) is 16.3 Å². The molecule has 0 amide bonds. The summed E-state index contributed by atoms with van der Waals surface area (Å²) in [6, 6.07) is 13.8. The maximum atomic E-state index is 12.0. The van der Waals surface area contributed by atoms with Crippen molar-refractivity contribution in [2.75, 3.05) is 13.2 Å². The van der Waals surface area contributed by atoms with Crippen LogP contribution in [-0.2, 0) is 19.6 Å². The summed E-state index contributed by atoms with van der Waals surface area (Å²) in [6.07, 6.45) is 0. The number of halogens is 1. The third-order valence-corrected chi connectivity index (χ3v) is 4.66. The molecule has 0 fully saturated rings. The summed E-state index contributed by atoms with van der Waals surface area (Å²) in [5, 5.41) is 0.396. The van der Waals surface area contributed by atoms with Crippen molar-refractivity contribution in [2.24, 2.45) is 0 Å². The van der Waals surface area contributed by atoms with Crippen molar-refractivity contribution >= 4 is 33.4 Å². The highest BCUT2D eigenvalue weighted by Crippen LogP contribution is 2.13. The number of esters is 1. The zero-order valence-corrected chi connectivity index (χ0v) is 14.0. The van der Waals surface area contributed by atoms with Gasteiger partial charge in [-0.2, -0.15) is 4.72 Å². The lowest BCUT2D eigenvalue weighted by molar-refractivity contribution is -0.141. The van der Waals surface area contributed by atoms with Crippen molar-refractivity contribution in [1.82, 2.24) is 4.72 Å². The molecule has 0 aliphatic carbocycles. The number of Topliss-reactive ketones (excluding diaryl/α,β-unsaturated/α-hetero) is 1. The van der Waals surface area contributed by atoms with Crippen LogP contribution >= 0.6 is 11.6 Å². The van der Waals surface area contributed by atoms with Crippen LogP contribution in [0.3, 0.4) is 0 Å². The van der Waals surface area contributed by atoms with E-state index in [2.05, 4.69) is 4.72 Å². The van der Waals surface area contributed by atoms with E-state index >= 15 is 0 Å². The first kappa shape index (κ1) is 18.1.